The van der Waals surface area contributed by atoms with Gasteiger partial charge in [-0.1, -0.05) is 6.07 Å². The van der Waals surface area contributed by atoms with Crippen LogP contribution in [0.25, 0.3) is 0 Å². The van der Waals surface area contributed by atoms with Gasteiger partial charge in [-0.3, -0.25) is 4.79 Å². The van der Waals surface area contributed by atoms with Crippen LogP contribution in [0.1, 0.15) is 43.6 Å². The standard InChI is InChI=1S/C17H22O4/c1-20-15-7-6-13(8-16(15)21-10-11-2-3-11)14(9-17(18)19)12-4-5-12/h6-8,11-12,14H,2-5,9-10H2,1H3,(H,18,19). The zero-order valence-corrected chi connectivity index (χ0v) is 12.4. The third-order valence-corrected chi connectivity index (χ3v) is 4.37. The summed E-state index contributed by atoms with van der Waals surface area (Å²) in [7, 11) is 1.63. The lowest BCUT2D eigenvalue weighted by Crippen LogP contribution is -2.09. The van der Waals surface area contributed by atoms with E-state index < -0.39 is 5.97 Å². The monoisotopic (exact) mass is 290 g/mol. The fourth-order valence-corrected chi connectivity index (χ4v) is 2.77. The minimum absolute atomic E-state index is 0.0941. The maximum atomic E-state index is 11.1. The molecular weight excluding hydrogens is 268 g/mol. The van der Waals surface area contributed by atoms with Gasteiger partial charge in [-0.15, -0.1) is 0 Å². The van der Waals surface area contributed by atoms with Crippen molar-refractivity contribution in [2.45, 2.75) is 38.0 Å². The van der Waals surface area contributed by atoms with Crippen molar-refractivity contribution in [3.8, 4) is 11.5 Å². The number of rotatable bonds is 8. The second-order valence-electron chi connectivity index (χ2n) is 6.21. The Morgan fingerprint density at radius 1 is 1.29 bits per heavy atom. The number of benzene rings is 1. The number of carboxylic acid groups (broad SMARTS) is 1. The molecule has 1 aromatic carbocycles. The largest absolute Gasteiger partial charge is 0.493 e. The van der Waals surface area contributed by atoms with Gasteiger partial charge in [0.25, 0.3) is 0 Å². The van der Waals surface area contributed by atoms with E-state index in [1.165, 1.54) is 12.8 Å². The molecule has 0 heterocycles. The van der Waals surface area contributed by atoms with Crippen molar-refractivity contribution >= 4 is 5.97 Å². The highest BCUT2D eigenvalue weighted by Gasteiger charge is 2.34. The van der Waals surface area contributed by atoms with Gasteiger partial charge in [0, 0.05) is 0 Å². The summed E-state index contributed by atoms with van der Waals surface area (Å²) in [6.45, 7) is 0.729. The van der Waals surface area contributed by atoms with Gasteiger partial charge in [-0.05, 0) is 61.1 Å². The lowest BCUT2D eigenvalue weighted by Gasteiger charge is -2.17. The molecule has 4 heteroatoms. The molecule has 0 bridgehead atoms. The molecule has 0 saturated heterocycles. The average Bonchev–Trinajstić information content (AvgIpc) is 3.36. The van der Waals surface area contributed by atoms with Crippen molar-refractivity contribution in [3.63, 3.8) is 0 Å². The molecule has 4 nitrogen and oxygen atoms in total. The maximum Gasteiger partial charge on any atom is 0.303 e. The lowest BCUT2D eigenvalue weighted by molar-refractivity contribution is -0.137. The zero-order valence-electron chi connectivity index (χ0n) is 12.4. The molecule has 21 heavy (non-hydrogen) atoms. The summed E-state index contributed by atoms with van der Waals surface area (Å²) in [5, 5.41) is 9.12. The van der Waals surface area contributed by atoms with E-state index in [-0.39, 0.29) is 12.3 Å². The molecule has 1 atom stereocenters. The van der Waals surface area contributed by atoms with E-state index in [0.29, 0.717) is 11.8 Å². The van der Waals surface area contributed by atoms with E-state index in [0.717, 1.165) is 36.5 Å². The number of aliphatic carboxylic acids is 1. The van der Waals surface area contributed by atoms with Crippen LogP contribution in [0.4, 0.5) is 0 Å². The first-order valence-electron chi connectivity index (χ1n) is 7.70. The van der Waals surface area contributed by atoms with Gasteiger partial charge in [0.05, 0.1) is 20.1 Å². The summed E-state index contributed by atoms with van der Waals surface area (Å²) in [5.41, 5.74) is 1.06. The van der Waals surface area contributed by atoms with Crippen LogP contribution < -0.4 is 9.47 Å². The van der Waals surface area contributed by atoms with E-state index in [1.54, 1.807) is 7.11 Å². The van der Waals surface area contributed by atoms with Crippen molar-refractivity contribution in [2.75, 3.05) is 13.7 Å². The fourth-order valence-electron chi connectivity index (χ4n) is 2.77. The first-order chi connectivity index (χ1) is 10.2. The summed E-state index contributed by atoms with van der Waals surface area (Å²) < 4.78 is 11.2. The average molecular weight is 290 g/mol. The minimum Gasteiger partial charge on any atom is -0.493 e. The van der Waals surface area contributed by atoms with Gasteiger partial charge in [0.15, 0.2) is 11.5 Å². The Bertz CT molecular complexity index is 518. The Kier molecular flexibility index (Phi) is 4.04. The van der Waals surface area contributed by atoms with E-state index in [1.807, 2.05) is 18.2 Å². The fraction of sp³-hybridized carbons (Fsp3) is 0.588. The van der Waals surface area contributed by atoms with Crippen molar-refractivity contribution in [1.29, 1.82) is 0 Å². The van der Waals surface area contributed by atoms with Gasteiger partial charge in [0.1, 0.15) is 0 Å². The molecule has 3 rings (SSSR count). The Balaban J connectivity index is 1.79. The predicted molar refractivity (Wildman–Crippen MR) is 78.9 cm³/mol. The Hall–Kier alpha value is -1.71. The molecule has 2 aliphatic carbocycles. The van der Waals surface area contributed by atoms with E-state index in [4.69, 9.17) is 14.6 Å². The molecule has 2 aliphatic rings. The smallest absolute Gasteiger partial charge is 0.303 e. The van der Waals surface area contributed by atoms with Gasteiger partial charge in [0.2, 0.25) is 0 Å². The van der Waals surface area contributed by atoms with E-state index in [2.05, 4.69) is 0 Å². The molecule has 1 aromatic rings. The highest BCUT2D eigenvalue weighted by molar-refractivity contribution is 5.68. The highest BCUT2D eigenvalue weighted by Crippen LogP contribution is 2.46. The molecule has 0 spiro atoms. The molecule has 1 unspecified atom stereocenters. The Morgan fingerprint density at radius 3 is 2.62 bits per heavy atom. The number of ether oxygens (including phenoxy) is 2. The third kappa shape index (κ3) is 3.69. The predicted octanol–water partition coefficient (Wildman–Crippen LogP) is 3.45. The van der Waals surface area contributed by atoms with Crippen LogP contribution in [-0.2, 0) is 4.79 Å². The topological polar surface area (TPSA) is 55.8 Å². The number of carboxylic acids is 1. The van der Waals surface area contributed by atoms with Gasteiger partial charge >= 0.3 is 5.97 Å². The highest BCUT2D eigenvalue weighted by atomic mass is 16.5. The van der Waals surface area contributed by atoms with Crippen molar-refractivity contribution < 1.29 is 19.4 Å². The van der Waals surface area contributed by atoms with Crippen LogP contribution in [0, 0.1) is 11.8 Å². The van der Waals surface area contributed by atoms with Gasteiger partial charge < -0.3 is 14.6 Å². The Labute approximate surface area is 125 Å². The molecule has 114 valence electrons. The summed E-state index contributed by atoms with van der Waals surface area (Å²) in [6.07, 6.45) is 4.93. The number of carbonyl (C=O) groups is 1. The quantitative estimate of drug-likeness (QED) is 0.796. The van der Waals surface area contributed by atoms with Crippen LogP contribution in [-0.4, -0.2) is 24.8 Å². The minimum atomic E-state index is -0.733. The first-order valence-corrected chi connectivity index (χ1v) is 7.70. The molecule has 0 aliphatic heterocycles. The number of hydrogen-bond acceptors (Lipinski definition) is 3. The normalized spacial score (nSPS) is 19.1. The van der Waals surface area contributed by atoms with Gasteiger partial charge in [-0.25, -0.2) is 0 Å². The maximum absolute atomic E-state index is 11.1. The summed E-state index contributed by atoms with van der Waals surface area (Å²) >= 11 is 0. The van der Waals surface area contributed by atoms with Crippen LogP contribution in [0.2, 0.25) is 0 Å². The van der Waals surface area contributed by atoms with Crippen LogP contribution in [0.15, 0.2) is 18.2 Å². The number of hydrogen-bond donors (Lipinski definition) is 1. The van der Waals surface area contributed by atoms with E-state index >= 15 is 0 Å². The molecular formula is C17H22O4. The van der Waals surface area contributed by atoms with Crippen LogP contribution in [0.5, 0.6) is 11.5 Å². The molecule has 2 fully saturated rings. The summed E-state index contributed by atoms with van der Waals surface area (Å²) in [5.74, 6) is 2.02. The molecule has 0 amide bonds. The van der Waals surface area contributed by atoms with E-state index in [9.17, 15) is 4.79 Å². The summed E-state index contributed by atoms with van der Waals surface area (Å²) in [4.78, 5) is 11.1. The van der Waals surface area contributed by atoms with Crippen molar-refractivity contribution in [3.05, 3.63) is 23.8 Å². The zero-order chi connectivity index (χ0) is 14.8. The summed E-state index contributed by atoms with van der Waals surface area (Å²) in [6, 6.07) is 5.86. The molecule has 0 radical (unpaired) electrons. The second kappa shape index (κ2) is 5.96. The SMILES string of the molecule is COc1ccc(C(CC(=O)O)C2CC2)cc1OCC1CC1. The Morgan fingerprint density at radius 2 is 2.05 bits per heavy atom. The molecule has 1 N–H and O–H groups in total. The lowest BCUT2D eigenvalue weighted by atomic mass is 9.91. The second-order valence-corrected chi connectivity index (χ2v) is 6.21. The first kappa shape index (κ1) is 14.2. The van der Waals surface area contributed by atoms with Crippen molar-refractivity contribution in [2.24, 2.45) is 11.8 Å². The van der Waals surface area contributed by atoms with Crippen molar-refractivity contribution in [1.82, 2.24) is 0 Å². The molecule has 2 saturated carbocycles. The number of methoxy groups -OCH3 is 1. The third-order valence-electron chi connectivity index (χ3n) is 4.37. The molecule has 0 aromatic heterocycles. The van der Waals surface area contributed by atoms with Crippen LogP contribution in [0.3, 0.4) is 0 Å². The van der Waals surface area contributed by atoms with Crippen LogP contribution >= 0.6 is 0 Å². The van der Waals surface area contributed by atoms with Gasteiger partial charge in [-0.2, -0.15) is 0 Å².